The van der Waals surface area contributed by atoms with Crippen LogP contribution in [0.15, 0.2) is 70.9 Å². The number of rotatable bonds is 16. The Labute approximate surface area is 293 Å². The smallest absolute Gasteiger partial charge is 0.274 e. The van der Waals surface area contributed by atoms with Crippen molar-refractivity contribution in [2.45, 2.75) is 43.6 Å². The summed E-state index contributed by atoms with van der Waals surface area (Å²) in [5.74, 6) is -6.04. The van der Waals surface area contributed by atoms with Gasteiger partial charge in [-0.2, -0.15) is 0 Å². The Balaban J connectivity index is 1.92. The molecule has 0 saturated carbocycles. The lowest BCUT2D eigenvalue weighted by molar-refractivity contribution is -0.175. The Morgan fingerprint density at radius 3 is 1.90 bits per heavy atom. The van der Waals surface area contributed by atoms with Crippen molar-refractivity contribution in [2.24, 2.45) is 38.8 Å². The van der Waals surface area contributed by atoms with E-state index in [4.69, 9.17) is 22.9 Å². The number of aliphatic hydroxyl groups is 2. The number of carbonyl (C=O) groups is 4. The number of aliphatic imine (C=N–C) groups is 2. The molecule has 51 heavy (non-hydrogen) atoms. The number of benzene rings is 2. The number of guanidine groups is 2. The van der Waals surface area contributed by atoms with Crippen molar-refractivity contribution < 1.29 is 39.6 Å². The molecular formula is C33H44N10O8. The van der Waals surface area contributed by atoms with E-state index in [0.717, 1.165) is 0 Å². The van der Waals surface area contributed by atoms with E-state index in [1.165, 1.54) is 55.7 Å². The number of nitrogens with one attached hydrogen (secondary N) is 3. The zero-order valence-corrected chi connectivity index (χ0v) is 27.9. The van der Waals surface area contributed by atoms with E-state index < -0.39 is 53.5 Å². The SMILES string of the molecule is C[C@H](NC(=O)[C@@]1(O)[C@H](CCN=C(N)N)[C@@](O)(CCCN=C(N)N)C(=O)N1CC(=O)N/C=C/c1ccc(O)cc1)C(=O)N/C=C/c1ccc(O)cc1. The van der Waals surface area contributed by atoms with Gasteiger partial charge in [-0.1, -0.05) is 24.3 Å². The van der Waals surface area contributed by atoms with E-state index in [1.54, 1.807) is 24.3 Å². The normalized spacial score (nSPS) is 20.6. The molecule has 274 valence electrons. The molecule has 4 amide bonds. The van der Waals surface area contributed by atoms with E-state index >= 15 is 0 Å². The molecule has 0 radical (unpaired) electrons. The third kappa shape index (κ3) is 10.4. The second-order valence-corrected chi connectivity index (χ2v) is 11.7. The maximum absolute atomic E-state index is 14.0. The molecule has 0 aliphatic carbocycles. The number of hydrogen-bond donors (Lipinski definition) is 11. The van der Waals surface area contributed by atoms with Crippen LogP contribution in [0.5, 0.6) is 11.5 Å². The quantitative estimate of drug-likeness (QED) is 0.0516. The van der Waals surface area contributed by atoms with Crippen molar-refractivity contribution in [3.8, 4) is 11.5 Å². The molecule has 2 aromatic carbocycles. The van der Waals surface area contributed by atoms with E-state index in [-0.39, 0.29) is 55.8 Å². The summed E-state index contributed by atoms with van der Waals surface area (Å²) in [7, 11) is 0. The van der Waals surface area contributed by atoms with Crippen molar-refractivity contribution in [1.82, 2.24) is 20.9 Å². The lowest BCUT2D eigenvalue weighted by Crippen LogP contribution is -2.63. The van der Waals surface area contributed by atoms with Crippen LogP contribution in [-0.4, -0.2) is 97.9 Å². The van der Waals surface area contributed by atoms with Gasteiger partial charge in [-0.15, -0.1) is 0 Å². The van der Waals surface area contributed by atoms with Crippen LogP contribution < -0.4 is 38.9 Å². The molecule has 4 atom stereocenters. The zero-order chi connectivity index (χ0) is 37.8. The highest BCUT2D eigenvalue weighted by Gasteiger charge is 2.69. The van der Waals surface area contributed by atoms with Crippen LogP contribution in [0.1, 0.15) is 37.3 Å². The molecular weight excluding hydrogens is 664 g/mol. The van der Waals surface area contributed by atoms with Crippen LogP contribution in [-0.2, 0) is 19.2 Å². The number of nitrogens with two attached hydrogens (primary N) is 4. The molecule has 1 heterocycles. The van der Waals surface area contributed by atoms with Gasteiger partial charge in [0.05, 0.1) is 5.92 Å². The molecule has 0 aromatic heterocycles. The maximum Gasteiger partial charge on any atom is 0.274 e. The fourth-order valence-corrected chi connectivity index (χ4v) is 5.44. The highest BCUT2D eigenvalue weighted by molar-refractivity contribution is 6.01. The summed E-state index contributed by atoms with van der Waals surface area (Å²) in [6.45, 7) is 0.177. The summed E-state index contributed by atoms with van der Waals surface area (Å²) in [5, 5.41) is 50.4. The highest BCUT2D eigenvalue weighted by Crippen LogP contribution is 2.46. The van der Waals surface area contributed by atoms with Gasteiger partial charge in [0.15, 0.2) is 17.5 Å². The Morgan fingerprint density at radius 2 is 1.37 bits per heavy atom. The van der Waals surface area contributed by atoms with Gasteiger partial charge >= 0.3 is 0 Å². The fourth-order valence-electron chi connectivity index (χ4n) is 5.44. The summed E-state index contributed by atoms with van der Waals surface area (Å²) in [4.78, 5) is 62.3. The average molecular weight is 709 g/mol. The first-order valence-electron chi connectivity index (χ1n) is 15.8. The minimum Gasteiger partial charge on any atom is -0.508 e. The molecule has 18 heteroatoms. The van der Waals surface area contributed by atoms with Crippen molar-refractivity contribution in [1.29, 1.82) is 0 Å². The number of hydrogen-bond acceptors (Lipinski definition) is 10. The third-order valence-corrected chi connectivity index (χ3v) is 8.00. The van der Waals surface area contributed by atoms with Gasteiger partial charge in [0.25, 0.3) is 11.8 Å². The van der Waals surface area contributed by atoms with Gasteiger partial charge in [0.1, 0.15) is 24.1 Å². The average Bonchev–Trinajstić information content (AvgIpc) is 3.23. The summed E-state index contributed by atoms with van der Waals surface area (Å²) >= 11 is 0. The van der Waals surface area contributed by atoms with Gasteiger partial charge in [-0.25, -0.2) is 0 Å². The molecule has 0 bridgehead atoms. The van der Waals surface area contributed by atoms with Gasteiger partial charge in [0, 0.05) is 25.5 Å². The maximum atomic E-state index is 14.0. The van der Waals surface area contributed by atoms with Crippen LogP contribution in [0, 0.1) is 5.92 Å². The second kappa shape index (κ2) is 17.5. The summed E-state index contributed by atoms with van der Waals surface area (Å²) in [6, 6.07) is 10.9. The minimum absolute atomic E-state index is 0.0133. The van der Waals surface area contributed by atoms with E-state index in [9.17, 15) is 39.6 Å². The molecule has 0 unspecified atom stereocenters. The van der Waals surface area contributed by atoms with E-state index in [1.807, 2.05) is 0 Å². The monoisotopic (exact) mass is 708 g/mol. The predicted octanol–water partition coefficient (Wildman–Crippen LogP) is -1.93. The van der Waals surface area contributed by atoms with E-state index in [0.29, 0.717) is 16.0 Å². The van der Waals surface area contributed by atoms with Crippen molar-refractivity contribution in [3.63, 3.8) is 0 Å². The van der Waals surface area contributed by atoms with Gasteiger partial charge in [-0.3, -0.25) is 34.1 Å². The van der Waals surface area contributed by atoms with Crippen LogP contribution in [0.2, 0.25) is 0 Å². The predicted molar refractivity (Wildman–Crippen MR) is 188 cm³/mol. The minimum atomic E-state index is -2.89. The van der Waals surface area contributed by atoms with Crippen molar-refractivity contribution >= 4 is 47.7 Å². The second-order valence-electron chi connectivity index (χ2n) is 11.7. The third-order valence-electron chi connectivity index (χ3n) is 8.00. The summed E-state index contributed by atoms with van der Waals surface area (Å²) in [5.41, 5.74) is 17.7. The van der Waals surface area contributed by atoms with E-state index in [2.05, 4.69) is 25.9 Å². The van der Waals surface area contributed by atoms with Crippen LogP contribution in [0.25, 0.3) is 12.2 Å². The Morgan fingerprint density at radius 1 is 0.863 bits per heavy atom. The number of aromatic hydroxyl groups is 2. The zero-order valence-electron chi connectivity index (χ0n) is 27.9. The highest BCUT2D eigenvalue weighted by atomic mass is 16.4. The molecule has 2 aromatic rings. The van der Waals surface area contributed by atoms with Crippen LogP contribution in [0.4, 0.5) is 0 Å². The lowest BCUT2D eigenvalue weighted by atomic mass is 9.78. The standard InChI is InChI=1S/C33H44N10O8/c1-20(27(47)39-17-12-22-5-9-24(45)10-6-22)42-28(48)33(51)25(13-18-41-31(36)37)32(50,14-2-15-40-30(34)35)29(49)43(33)19-26(46)38-16-11-21-3-7-23(44)8-4-21/h3-12,16-17,20,25,44-45,50-51H,2,13-15,18-19H2,1H3,(H,38,46)(H,39,47)(H,42,48)(H4,34,35,40)(H4,36,37,41)/b16-11+,17-12+/t20-,25+,32-,33-/m0/s1. The molecule has 1 fully saturated rings. The molecule has 0 spiro atoms. The number of phenolic OH excluding ortho intramolecular Hbond substituents is 2. The number of phenols is 2. The largest absolute Gasteiger partial charge is 0.508 e. The molecule has 1 saturated heterocycles. The molecule has 18 nitrogen and oxygen atoms in total. The lowest BCUT2D eigenvalue weighted by Gasteiger charge is -2.37. The molecule has 3 rings (SSSR count). The molecule has 15 N–H and O–H groups in total. The van der Waals surface area contributed by atoms with Gasteiger partial charge in [-0.05, 0) is 73.7 Å². The number of nitrogens with zero attached hydrogens (tertiary/aromatic N) is 3. The summed E-state index contributed by atoms with van der Waals surface area (Å²) < 4.78 is 0. The van der Waals surface area contributed by atoms with Crippen LogP contribution >= 0.6 is 0 Å². The van der Waals surface area contributed by atoms with Crippen LogP contribution in [0.3, 0.4) is 0 Å². The molecule has 1 aliphatic rings. The first-order chi connectivity index (χ1) is 24.1. The number of carbonyl (C=O) groups excluding carboxylic acids is 4. The fraction of sp³-hybridized carbons (Fsp3) is 0.333. The first-order valence-corrected chi connectivity index (χ1v) is 15.8. The Kier molecular flexibility index (Phi) is 13.5. The first kappa shape index (κ1) is 39.3. The molecule has 1 aliphatic heterocycles. The Hall–Kier alpha value is -6.14. The van der Waals surface area contributed by atoms with Crippen molar-refractivity contribution in [3.05, 3.63) is 72.1 Å². The van der Waals surface area contributed by atoms with Crippen molar-refractivity contribution in [2.75, 3.05) is 19.6 Å². The number of amides is 4. The summed E-state index contributed by atoms with van der Waals surface area (Å²) in [6.07, 6.45) is 4.95. The topological polar surface area (TPSA) is 317 Å². The van der Waals surface area contributed by atoms with Gasteiger partial charge < -0.3 is 59.3 Å². The Bertz CT molecular complexity index is 1670. The van der Waals surface area contributed by atoms with Gasteiger partial charge in [0.2, 0.25) is 17.5 Å². The number of likely N-dealkylation sites (tertiary alicyclic amines) is 1.